The van der Waals surface area contributed by atoms with E-state index in [0.717, 1.165) is 11.1 Å². The molecule has 0 spiro atoms. The van der Waals surface area contributed by atoms with Crippen molar-refractivity contribution in [1.82, 2.24) is 0 Å². The predicted octanol–water partition coefficient (Wildman–Crippen LogP) is 5.17. The van der Waals surface area contributed by atoms with E-state index < -0.39 is 26.0 Å². The van der Waals surface area contributed by atoms with Crippen molar-refractivity contribution in [2.45, 2.75) is 23.6 Å². The molecule has 1 amide bonds. The van der Waals surface area contributed by atoms with Crippen LogP contribution in [0.5, 0.6) is 11.5 Å². The number of sulfonamides is 2. The summed E-state index contributed by atoms with van der Waals surface area (Å²) in [7, 11) is -5.29. The SMILES string of the molecule is COc1cc(NC(=O)c2ccc(NS(=O)(=O)c3ccc(C)cc3)c(NS(=O)(=O)c3ccc(C)cc3)c2)cc(OC)c1. The number of hydrogen-bond donors (Lipinski definition) is 3. The Labute approximate surface area is 239 Å². The van der Waals surface area contributed by atoms with Crippen molar-refractivity contribution in [2.24, 2.45) is 0 Å². The van der Waals surface area contributed by atoms with Crippen LogP contribution < -0.4 is 24.2 Å². The van der Waals surface area contributed by atoms with Gasteiger partial charge >= 0.3 is 0 Å². The van der Waals surface area contributed by atoms with Gasteiger partial charge in [0.15, 0.2) is 0 Å². The first-order valence-corrected chi connectivity index (χ1v) is 15.2. The average molecular weight is 596 g/mol. The molecule has 0 aliphatic carbocycles. The number of anilines is 3. The van der Waals surface area contributed by atoms with Gasteiger partial charge in [0.25, 0.3) is 26.0 Å². The molecule has 0 aliphatic rings. The van der Waals surface area contributed by atoms with E-state index in [4.69, 9.17) is 9.47 Å². The van der Waals surface area contributed by atoms with Crippen molar-refractivity contribution in [3.05, 3.63) is 102 Å². The zero-order valence-electron chi connectivity index (χ0n) is 22.8. The van der Waals surface area contributed by atoms with Gasteiger partial charge in [-0.2, -0.15) is 0 Å². The summed E-state index contributed by atoms with van der Waals surface area (Å²) in [5.74, 6) is 0.322. The molecule has 0 bridgehead atoms. The van der Waals surface area contributed by atoms with E-state index in [0.29, 0.717) is 17.2 Å². The third kappa shape index (κ3) is 7.16. The van der Waals surface area contributed by atoms with Gasteiger partial charge in [-0.05, 0) is 56.3 Å². The van der Waals surface area contributed by atoms with E-state index in [1.165, 1.54) is 56.7 Å². The third-order valence-electron chi connectivity index (χ3n) is 6.04. The largest absolute Gasteiger partial charge is 0.497 e. The molecule has 4 rings (SSSR count). The van der Waals surface area contributed by atoms with Crippen molar-refractivity contribution in [3.63, 3.8) is 0 Å². The lowest BCUT2D eigenvalue weighted by Gasteiger charge is -2.16. The lowest BCUT2D eigenvalue weighted by atomic mass is 10.1. The number of ether oxygens (including phenoxy) is 2. The summed E-state index contributed by atoms with van der Waals surface area (Å²) < 4.78 is 68.1. The Kier molecular flexibility index (Phi) is 8.55. The lowest BCUT2D eigenvalue weighted by Crippen LogP contribution is -2.19. The Morgan fingerprint density at radius 2 is 1.07 bits per heavy atom. The number of nitrogens with one attached hydrogen (secondary N) is 3. The van der Waals surface area contributed by atoms with Gasteiger partial charge < -0.3 is 14.8 Å². The topological polar surface area (TPSA) is 140 Å². The van der Waals surface area contributed by atoms with Crippen LogP contribution in [0.25, 0.3) is 0 Å². The Hall–Kier alpha value is -4.55. The highest BCUT2D eigenvalue weighted by molar-refractivity contribution is 7.93. The van der Waals surface area contributed by atoms with Crippen LogP contribution in [0.2, 0.25) is 0 Å². The standard InChI is InChI=1S/C29H29N3O7S2/c1-19-5-10-25(11-6-19)40(34,35)31-27-14-9-21(29(33)30-22-16-23(38-3)18-24(17-22)39-4)15-28(27)32-41(36,37)26-12-7-20(2)8-13-26/h5-18,31-32H,1-4H3,(H,30,33). The first-order valence-electron chi connectivity index (χ1n) is 12.3. The molecule has 0 aliphatic heterocycles. The maximum atomic E-state index is 13.2. The highest BCUT2D eigenvalue weighted by Gasteiger charge is 2.22. The predicted molar refractivity (Wildman–Crippen MR) is 158 cm³/mol. The monoisotopic (exact) mass is 595 g/mol. The van der Waals surface area contributed by atoms with Gasteiger partial charge in [-0.15, -0.1) is 0 Å². The summed E-state index contributed by atoms with van der Waals surface area (Å²) in [6.07, 6.45) is 0. The fraction of sp³-hybridized carbons (Fsp3) is 0.138. The van der Waals surface area contributed by atoms with Gasteiger partial charge in [0.05, 0.1) is 35.4 Å². The van der Waals surface area contributed by atoms with Gasteiger partial charge in [0.2, 0.25) is 0 Å². The van der Waals surface area contributed by atoms with Crippen molar-refractivity contribution in [3.8, 4) is 11.5 Å². The fourth-order valence-electron chi connectivity index (χ4n) is 3.78. The zero-order chi connectivity index (χ0) is 29.8. The van der Waals surface area contributed by atoms with Crippen LogP contribution in [0, 0.1) is 13.8 Å². The van der Waals surface area contributed by atoms with Crippen LogP contribution in [-0.2, 0) is 20.0 Å². The minimum atomic E-state index is -4.15. The van der Waals surface area contributed by atoms with E-state index in [9.17, 15) is 21.6 Å². The van der Waals surface area contributed by atoms with Crippen LogP contribution >= 0.6 is 0 Å². The summed E-state index contributed by atoms with van der Waals surface area (Å²) in [5, 5.41) is 2.72. The third-order valence-corrected chi connectivity index (χ3v) is 8.81. The second-order valence-electron chi connectivity index (χ2n) is 9.15. The summed E-state index contributed by atoms with van der Waals surface area (Å²) in [6.45, 7) is 3.65. The van der Waals surface area contributed by atoms with Gasteiger partial charge in [0, 0.05) is 29.4 Å². The molecule has 0 unspecified atom stereocenters. The van der Waals surface area contributed by atoms with Gasteiger partial charge in [-0.25, -0.2) is 16.8 Å². The molecule has 214 valence electrons. The molecular formula is C29H29N3O7S2. The molecule has 0 heterocycles. The first-order chi connectivity index (χ1) is 19.4. The fourth-order valence-corrected chi connectivity index (χ4v) is 5.93. The number of amides is 1. The van der Waals surface area contributed by atoms with E-state index in [1.54, 1.807) is 42.5 Å². The van der Waals surface area contributed by atoms with Crippen molar-refractivity contribution >= 4 is 43.0 Å². The lowest BCUT2D eigenvalue weighted by molar-refractivity contribution is 0.102. The van der Waals surface area contributed by atoms with Crippen LogP contribution in [0.4, 0.5) is 17.1 Å². The Bertz CT molecular complexity index is 1770. The number of rotatable bonds is 10. The molecule has 0 saturated carbocycles. The number of benzene rings is 4. The summed E-state index contributed by atoms with van der Waals surface area (Å²) in [4.78, 5) is 13.1. The van der Waals surface area contributed by atoms with Crippen LogP contribution in [0.3, 0.4) is 0 Å². The second-order valence-corrected chi connectivity index (χ2v) is 12.5. The molecule has 0 atom stereocenters. The Morgan fingerprint density at radius 1 is 0.610 bits per heavy atom. The Morgan fingerprint density at radius 3 is 1.54 bits per heavy atom. The minimum Gasteiger partial charge on any atom is -0.497 e. The molecule has 41 heavy (non-hydrogen) atoms. The highest BCUT2D eigenvalue weighted by atomic mass is 32.2. The molecule has 0 radical (unpaired) electrons. The van der Waals surface area contributed by atoms with Crippen molar-refractivity contribution < 1.29 is 31.1 Å². The van der Waals surface area contributed by atoms with Crippen LogP contribution in [-0.4, -0.2) is 37.0 Å². The van der Waals surface area contributed by atoms with E-state index in [1.807, 2.05) is 13.8 Å². The maximum Gasteiger partial charge on any atom is 0.261 e. The molecule has 0 aromatic heterocycles. The zero-order valence-corrected chi connectivity index (χ0v) is 24.4. The molecule has 0 fully saturated rings. The first kappa shape index (κ1) is 29.4. The number of methoxy groups -OCH3 is 2. The minimum absolute atomic E-state index is 0.00997. The van der Waals surface area contributed by atoms with Gasteiger partial charge in [-0.3, -0.25) is 14.2 Å². The molecule has 10 nitrogen and oxygen atoms in total. The molecule has 0 saturated heterocycles. The van der Waals surface area contributed by atoms with Crippen molar-refractivity contribution in [2.75, 3.05) is 29.0 Å². The highest BCUT2D eigenvalue weighted by Crippen LogP contribution is 2.30. The van der Waals surface area contributed by atoms with Crippen LogP contribution in [0.1, 0.15) is 21.5 Å². The quantitative estimate of drug-likeness (QED) is 0.230. The Balaban J connectivity index is 1.72. The molecule has 3 N–H and O–H groups in total. The smallest absolute Gasteiger partial charge is 0.261 e. The van der Waals surface area contributed by atoms with E-state index >= 15 is 0 Å². The molecule has 12 heteroatoms. The van der Waals surface area contributed by atoms with E-state index in [-0.39, 0.29) is 26.7 Å². The maximum absolute atomic E-state index is 13.2. The van der Waals surface area contributed by atoms with Crippen molar-refractivity contribution in [1.29, 1.82) is 0 Å². The van der Waals surface area contributed by atoms with Gasteiger partial charge in [-0.1, -0.05) is 35.4 Å². The number of hydrogen-bond acceptors (Lipinski definition) is 7. The van der Waals surface area contributed by atoms with Crippen LogP contribution in [0.15, 0.2) is 94.7 Å². The summed E-state index contributed by atoms with van der Waals surface area (Å²) >= 11 is 0. The normalized spacial score (nSPS) is 11.4. The molecule has 4 aromatic carbocycles. The molecule has 4 aromatic rings. The second kappa shape index (κ2) is 11.9. The summed E-state index contributed by atoms with van der Waals surface area (Å²) in [5.41, 5.74) is 1.96. The number of carbonyl (C=O) groups is 1. The van der Waals surface area contributed by atoms with Gasteiger partial charge in [0.1, 0.15) is 11.5 Å². The van der Waals surface area contributed by atoms with E-state index in [2.05, 4.69) is 14.8 Å². The summed E-state index contributed by atoms with van der Waals surface area (Å²) in [6, 6.07) is 21.1. The molecular weight excluding hydrogens is 566 g/mol. The number of aryl methyl sites for hydroxylation is 2. The number of carbonyl (C=O) groups excluding carboxylic acids is 1. The average Bonchev–Trinajstić information content (AvgIpc) is 2.93.